The summed E-state index contributed by atoms with van der Waals surface area (Å²) in [5.41, 5.74) is 7.10. The largest absolute Gasteiger partial charge is 0.366 e. The van der Waals surface area contributed by atoms with Crippen molar-refractivity contribution < 1.29 is 4.74 Å². The standard InChI is InChI=1S/C14H15BrClNOS/c1-9(17)14(13-6-11(15)8-19-13)18-7-10-2-4-12(16)5-3-10/h2-6,8-9,14H,7,17H2,1H3. The second kappa shape index (κ2) is 6.86. The van der Waals surface area contributed by atoms with Crippen molar-refractivity contribution >= 4 is 38.9 Å². The van der Waals surface area contributed by atoms with E-state index >= 15 is 0 Å². The molecule has 2 atom stereocenters. The molecule has 0 aliphatic heterocycles. The first-order chi connectivity index (χ1) is 9.06. The third-order valence-electron chi connectivity index (χ3n) is 2.69. The number of rotatable bonds is 5. The van der Waals surface area contributed by atoms with Crippen LogP contribution >= 0.6 is 38.9 Å². The molecule has 2 unspecified atom stereocenters. The summed E-state index contributed by atoms with van der Waals surface area (Å²) in [7, 11) is 0. The average Bonchev–Trinajstić information content (AvgIpc) is 2.78. The quantitative estimate of drug-likeness (QED) is 0.833. The highest BCUT2D eigenvalue weighted by Crippen LogP contribution is 2.30. The first-order valence-corrected chi connectivity index (χ1v) is 7.97. The van der Waals surface area contributed by atoms with Crippen LogP contribution in [0.25, 0.3) is 0 Å². The Bertz CT molecular complexity index is 526. The van der Waals surface area contributed by atoms with Gasteiger partial charge in [0.25, 0.3) is 0 Å². The number of nitrogens with two attached hydrogens (primary N) is 1. The van der Waals surface area contributed by atoms with Gasteiger partial charge in [-0.3, -0.25) is 0 Å². The second-order valence-electron chi connectivity index (χ2n) is 4.38. The van der Waals surface area contributed by atoms with Crippen molar-refractivity contribution in [2.24, 2.45) is 5.73 Å². The predicted octanol–water partition coefficient (Wildman–Crippen LogP) is 4.77. The van der Waals surface area contributed by atoms with Crippen molar-refractivity contribution in [3.05, 3.63) is 55.6 Å². The summed E-state index contributed by atoms with van der Waals surface area (Å²) in [6.07, 6.45) is -0.0908. The molecule has 0 spiro atoms. The SMILES string of the molecule is CC(N)C(OCc1ccc(Cl)cc1)c1cc(Br)cs1. The Kier molecular flexibility index (Phi) is 5.42. The lowest BCUT2D eigenvalue weighted by Crippen LogP contribution is -2.26. The number of hydrogen-bond donors (Lipinski definition) is 1. The third kappa shape index (κ3) is 4.29. The lowest BCUT2D eigenvalue weighted by atomic mass is 10.1. The van der Waals surface area contributed by atoms with Crippen LogP contribution in [-0.2, 0) is 11.3 Å². The number of halogens is 2. The van der Waals surface area contributed by atoms with E-state index in [9.17, 15) is 0 Å². The van der Waals surface area contributed by atoms with Crippen molar-refractivity contribution in [1.29, 1.82) is 0 Å². The van der Waals surface area contributed by atoms with E-state index in [2.05, 4.69) is 22.0 Å². The maximum atomic E-state index is 6.01. The molecule has 0 radical (unpaired) electrons. The molecule has 0 aliphatic carbocycles. The Morgan fingerprint density at radius 2 is 2.05 bits per heavy atom. The molecule has 0 saturated heterocycles. The fourth-order valence-corrected chi connectivity index (χ4v) is 3.47. The first-order valence-electron chi connectivity index (χ1n) is 5.92. The van der Waals surface area contributed by atoms with E-state index in [1.165, 1.54) is 0 Å². The number of thiophene rings is 1. The van der Waals surface area contributed by atoms with Crippen LogP contribution < -0.4 is 5.73 Å². The molecule has 2 rings (SSSR count). The van der Waals surface area contributed by atoms with E-state index in [-0.39, 0.29) is 12.1 Å². The molecule has 0 aliphatic rings. The van der Waals surface area contributed by atoms with Crippen LogP contribution in [0.4, 0.5) is 0 Å². The molecule has 1 heterocycles. The van der Waals surface area contributed by atoms with Crippen LogP contribution in [0.15, 0.2) is 40.2 Å². The van der Waals surface area contributed by atoms with Crippen molar-refractivity contribution in [2.45, 2.75) is 25.7 Å². The van der Waals surface area contributed by atoms with E-state index in [4.69, 9.17) is 22.1 Å². The molecule has 0 fully saturated rings. The molecule has 2 N–H and O–H groups in total. The summed E-state index contributed by atoms with van der Waals surface area (Å²) >= 11 is 11.0. The number of ether oxygens (including phenoxy) is 1. The molecule has 5 heteroatoms. The van der Waals surface area contributed by atoms with Crippen molar-refractivity contribution in [1.82, 2.24) is 0 Å². The van der Waals surface area contributed by atoms with Gasteiger partial charge in [0.2, 0.25) is 0 Å². The average molecular weight is 361 g/mol. The Labute approximate surface area is 130 Å². The van der Waals surface area contributed by atoms with Crippen LogP contribution in [-0.4, -0.2) is 6.04 Å². The Balaban J connectivity index is 2.03. The van der Waals surface area contributed by atoms with Crippen LogP contribution in [0, 0.1) is 0 Å². The van der Waals surface area contributed by atoms with Gasteiger partial charge in [0.05, 0.1) is 6.61 Å². The van der Waals surface area contributed by atoms with Gasteiger partial charge in [0, 0.05) is 25.8 Å². The van der Waals surface area contributed by atoms with Gasteiger partial charge in [-0.15, -0.1) is 11.3 Å². The fourth-order valence-electron chi connectivity index (χ4n) is 1.74. The maximum absolute atomic E-state index is 6.01. The monoisotopic (exact) mass is 359 g/mol. The topological polar surface area (TPSA) is 35.2 Å². The summed E-state index contributed by atoms with van der Waals surface area (Å²) in [4.78, 5) is 1.14. The smallest absolute Gasteiger partial charge is 0.107 e. The molecule has 1 aromatic heterocycles. The van der Waals surface area contributed by atoms with Gasteiger partial charge in [-0.05, 0) is 46.6 Å². The van der Waals surface area contributed by atoms with Crippen LogP contribution in [0.5, 0.6) is 0 Å². The zero-order chi connectivity index (χ0) is 13.8. The minimum atomic E-state index is -0.0908. The molecular formula is C14H15BrClNOS. The summed E-state index contributed by atoms with van der Waals surface area (Å²) in [5, 5.41) is 2.77. The summed E-state index contributed by atoms with van der Waals surface area (Å²) in [6.45, 7) is 2.49. The van der Waals surface area contributed by atoms with Gasteiger partial charge in [0.1, 0.15) is 6.10 Å². The molecule has 0 saturated carbocycles. The van der Waals surface area contributed by atoms with E-state index in [1.54, 1.807) is 11.3 Å². The van der Waals surface area contributed by atoms with Gasteiger partial charge in [-0.1, -0.05) is 23.7 Å². The number of benzene rings is 1. The summed E-state index contributed by atoms with van der Waals surface area (Å²) in [5.74, 6) is 0. The van der Waals surface area contributed by atoms with Crippen molar-refractivity contribution in [2.75, 3.05) is 0 Å². The minimum absolute atomic E-state index is 0.0575. The zero-order valence-corrected chi connectivity index (χ0v) is 13.6. The van der Waals surface area contributed by atoms with E-state index in [1.807, 2.05) is 36.6 Å². The van der Waals surface area contributed by atoms with Gasteiger partial charge >= 0.3 is 0 Å². The third-order valence-corrected chi connectivity index (χ3v) is 4.70. The molecule has 102 valence electrons. The van der Waals surface area contributed by atoms with E-state index in [0.717, 1.165) is 19.9 Å². The molecule has 1 aromatic carbocycles. The minimum Gasteiger partial charge on any atom is -0.366 e. The molecule has 0 bridgehead atoms. The molecule has 2 aromatic rings. The molecular weight excluding hydrogens is 346 g/mol. The van der Waals surface area contributed by atoms with Crippen molar-refractivity contribution in [3.63, 3.8) is 0 Å². The van der Waals surface area contributed by atoms with E-state index in [0.29, 0.717) is 6.61 Å². The van der Waals surface area contributed by atoms with Crippen LogP contribution in [0.1, 0.15) is 23.5 Å². The summed E-state index contributed by atoms with van der Waals surface area (Å²) < 4.78 is 7.01. The highest BCUT2D eigenvalue weighted by atomic mass is 79.9. The second-order valence-corrected chi connectivity index (χ2v) is 6.68. The first kappa shape index (κ1) is 15.0. The molecule has 2 nitrogen and oxygen atoms in total. The van der Waals surface area contributed by atoms with Crippen molar-refractivity contribution in [3.8, 4) is 0 Å². The summed E-state index contributed by atoms with van der Waals surface area (Å²) in [6, 6.07) is 9.65. The van der Waals surface area contributed by atoms with Crippen LogP contribution in [0.2, 0.25) is 5.02 Å². The molecule has 0 amide bonds. The highest BCUT2D eigenvalue weighted by molar-refractivity contribution is 9.10. The van der Waals surface area contributed by atoms with E-state index < -0.39 is 0 Å². The zero-order valence-electron chi connectivity index (χ0n) is 10.5. The normalized spacial score (nSPS) is 14.3. The Morgan fingerprint density at radius 1 is 1.37 bits per heavy atom. The molecule has 19 heavy (non-hydrogen) atoms. The van der Waals surface area contributed by atoms with Crippen LogP contribution in [0.3, 0.4) is 0 Å². The van der Waals surface area contributed by atoms with Gasteiger partial charge in [0.15, 0.2) is 0 Å². The highest BCUT2D eigenvalue weighted by Gasteiger charge is 2.18. The fraction of sp³-hybridized carbons (Fsp3) is 0.286. The van der Waals surface area contributed by atoms with Gasteiger partial charge < -0.3 is 10.5 Å². The lowest BCUT2D eigenvalue weighted by molar-refractivity contribution is 0.0282. The van der Waals surface area contributed by atoms with Gasteiger partial charge in [-0.25, -0.2) is 0 Å². The van der Waals surface area contributed by atoms with Gasteiger partial charge in [-0.2, -0.15) is 0 Å². The number of hydrogen-bond acceptors (Lipinski definition) is 3. The Morgan fingerprint density at radius 3 is 2.58 bits per heavy atom. The maximum Gasteiger partial charge on any atom is 0.107 e. The Hall–Kier alpha value is -0.390. The predicted molar refractivity (Wildman–Crippen MR) is 84.7 cm³/mol. The lowest BCUT2D eigenvalue weighted by Gasteiger charge is -2.20.